The van der Waals surface area contributed by atoms with E-state index < -0.39 is 5.97 Å². The second kappa shape index (κ2) is 8.45. The summed E-state index contributed by atoms with van der Waals surface area (Å²) in [5.41, 5.74) is 3.55. The third-order valence-electron chi connectivity index (χ3n) is 6.17. The molecule has 3 heterocycles. The van der Waals surface area contributed by atoms with Crippen molar-refractivity contribution in [3.63, 3.8) is 0 Å². The van der Waals surface area contributed by atoms with Crippen molar-refractivity contribution in [1.29, 1.82) is 0 Å². The Balaban J connectivity index is 1.64. The van der Waals surface area contributed by atoms with Crippen LogP contribution in [0.2, 0.25) is 0 Å². The van der Waals surface area contributed by atoms with Crippen LogP contribution in [0.3, 0.4) is 0 Å². The number of pyridine rings is 1. The smallest absolute Gasteiger partial charge is 0.353 e. The van der Waals surface area contributed by atoms with Crippen molar-refractivity contribution in [3.8, 4) is 33.8 Å². The minimum absolute atomic E-state index is 0.0474. The van der Waals surface area contributed by atoms with Crippen LogP contribution in [0.1, 0.15) is 16.1 Å². The second-order valence-electron chi connectivity index (χ2n) is 8.25. The van der Waals surface area contributed by atoms with Crippen LogP contribution in [0.5, 0.6) is 11.5 Å². The van der Waals surface area contributed by atoms with Crippen LogP contribution in [0, 0.1) is 0 Å². The lowest BCUT2D eigenvalue weighted by Crippen LogP contribution is -2.28. The van der Waals surface area contributed by atoms with Crippen molar-refractivity contribution < 1.29 is 19.4 Å². The Kier molecular flexibility index (Phi) is 5.12. The Morgan fingerprint density at radius 1 is 0.886 bits per heavy atom. The molecule has 5 aromatic rings. The Labute approximate surface area is 204 Å². The average molecular weight is 482 g/mol. The lowest BCUT2D eigenvalue weighted by Gasteiger charge is -2.18. The van der Waals surface area contributed by atoms with Crippen molar-refractivity contribution >= 4 is 28.1 Å². The summed E-state index contributed by atoms with van der Waals surface area (Å²) in [5.74, 6) is 0.0467. The van der Waals surface area contributed by atoms with Gasteiger partial charge in [-0.1, -0.05) is 42.5 Å². The number of carboxylic acid groups (broad SMARTS) is 1. The highest BCUT2D eigenvalue weighted by molar-refractivity contribution is 7.08. The molecule has 0 fully saturated rings. The lowest BCUT2D eigenvalue weighted by atomic mass is 9.94. The minimum atomic E-state index is -1.16. The summed E-state index contributed by atoms with van der Waals surface area (Å²) in [5, 5.41) is 15.5. The van der Waals surface area contributed by atoms with Gasteiger partial charge in [0, 0.05) is 10.9 Å². The van der Waals surface area contributed by atoms with Crippen molar-refractivity contribution in [3.05, 3.63) is 105 Å². The van der Waals surface area contributed by atoms with Crippen molar-refractivity contribution in [2.24, 2.45) is 0 Å². The van der Waals surface area contributed by atoms with Gasteiger partial charge in [-0.25, -0.2) is 4.79 Å². The van der Waals surface area contributed by atoms with Gasteiger partial charge >= 0.3 is 5.97 Å². The zero-order valence-electron chi connectivity index (χ0n) is 18.4. The van der Waals surface area contributed by atoms with E-state index in [1.165, 1.54) is 4.57 Å². The molecule has 0 saturated heterocycles. The van der Waals surface area contributed by atoms with E-state index in [2.05, 4.69) is 0 Å². The number of benzene rings is 3. The maximum atomic E-state index is 13.7. The van der Waals surface area contributed by atoms with Crippen molar-refractivity contribution in [2.75, 3.05) is 6.79 Å². The largest absolute Gasteiger partial charge is 0.477 e. The van der Waals surface area contributed by atoms with E-state index in [1.807, 2.05) is 65.4 Å². The molecular formula is C28H19NO5S. The summed E-state index contributed by atoms with van der Waals surface area (Å²) >= 11 is 1.58. The average Bonchev–Trinajstić information content (AvgIpc) is 3.58. The molecule has 0 unspecified atom stereocenters. The zero-order valence-corrected chi connectivity index (χ0v) is 19.2. The van der Waals surface area contributed by atoms with Crippen LogP contribution in [0.4, 0.5) is 0 Å². The van der Waals surface area contributed by atoms with E-state index in [4.69, 9.17) is 9.47 Å². The second-order valence-corrected chi connectivity index (χ2v) is 9.03. The summed E-state index contributed by atoms with van der Waals surface area (Å²) in [6.45, 7) is 0.221. The van der Waals surface area contributed by atoms with Gasteiger partial charge < -0.3 is 14.6 Å². The van der Waals surface area contributed by atoms with E-state index in [0.29, 0.717) is 27.8 Å². The molecule has 1 N–H and O–H groups in total. The molecule has 0 aliphatic carbocycles. The first-order chi connectivity index (χ1) is 17.1. The first-order valence-corrected chi connectivity index (χ1v) is 11.9. The molecule has 0 atom stereocenters. The Morgan fingerprint density at radius 3 is 2.49 bits per heavy atom. The molecule has 0 spiro atoms. The van der Waals surface area contributed by atoms with Crippen molar-refractivity contribution in [2.45, 2.75) is 6.54 Å². The Morgan fingerprint density at radius 2 is 1.71 bits per heavy atom. The van der Waals surface area contributed by atoms with Crippen LogP contribution >= 0.6 is 11.3 Å². The summed E-state index contributed by atoms with van der Waals surface area (Å²) in [7, 11) is 0. The number of aromatic carboxylic acids is 1. The number of aromatic nitrogens is 1. The molecule has 6 rings (SSSR count). The molecule has 35 heavy (non-hydrogen) atoms. The van der Waals surface area contributed by atoms with Gasteiger partial charge in [0.25, 0.3) is 5.56 Å². The lowest BCUT2D eigenvalue weighted by molar-refractivity contribution is 0.0685. The first kappa shape index (κ1) is 21.2. The van der Waals surface area contributed by atoms with Crippen LogP contribution in [0.25, 0.3) is 33.0 Å². The highest BCUT2D eigenvalue weighted by atomic mass is 32.1. The number of nitrogens with zero attached hydrogens (tertiary/aromatic N) is 1. The van der Waals surface area contributed by atoms with Gasteiger partial charge in [-0.15, -0.1) is 0 Å². The first-order valence-electron chi connectivity index (χ1n) is 11.0. The number of fused-ring (bicyclic) bond motifs is 2. The quantitative estimate of drug-likeness (QED) is 0.340. The molecule has 3 aromatic carbocycles. The fourth-order valence-electron chi connectivity index (χ4n) is 4.55. The third kappa shape index (κ3) is 3.66. The van der Waals surface area contributed by atoms with E-state index >= 15 is 0 Å². The highest BCUT2D eigenvalue weighted by Gasteiger charge is 2.24. The standard InChI is InChI=1S/C28H19NO5S/c30-27-21-8-7-19(20-10-11-35-15-20)13-22(21)25(18-4-2-1-3-5-18)26(28(31)32)29(27)14-17-6-9-23-24(12-17)34-16-33-23/h1-13,15H,14,16H2,(H,31,32). The van der Waals surface area contributed by atoms with E-state index in [9.17, 15) is 14.7 Å². The Hall–Kier alpha value is -4.36. The summed E-state index contributed by atoms with van der Waals surface area (Å²) < 4.78 is 12.2. The SMILES string of the molecule is O=C(O)c1c(-c2ccccc2)c2cc(-c3ccsc3)ccc2c(=O)n1Cc1ccc2c(c1)OCO2. The Bertz CT molecular complexity index is 1640. The van der Waals surface area contributed by atoms with Gasteiger partial charge in [0.1, 0.15) is 5.69 Å². The molecule has 6 nitrogen and oxygen atoms in total. The predicted octanol–water partition coefficient (Wildman–Crippen LogP) is 5.87. The zero-order chi connectivity index (χ0) is 23.9. The maximum absolute atomic E-state index is 13.7. The van der Waals surface area contributed by atoms with Crippen LogP contribution in [0.15, 0.2) is 88.4 Å². The molecule has 0 radical (unpaired) electrons. The van der Waals surface area contributed by atoms with Gasteiger partial charge in [0.2, 0.25) is 6.79 Å². The number of rotatable bonds is 5. The van der Waals surface area contributed by atoms with Crippen LogP contribution < -0.4 is 15.0 Å². The van der Waals surface area contributed by atoms with Gasteiger partial charge in [0.15, 0.2) is 11.5 Å². The molecule has 1 aliphatic rings. The third-order valence-corrected chi connectivity index (χ3v) is 6.85. The van der Waals surface area contributed by atoms with E-state index in [-0.39, 0.29) is 24.6 Å². The highest BCUT2D eigenvalue weighted by Crippen LogP contribution is 2.36. The van der Waals surface area contributed by atoms with Crippen LogP contribution in [-0.4, -0.2) is 22.4 Å². The van der Waals surface area contributed by atoms with Crippen LogP contribution in [-0.2, 0) is 6.54 Å². The fraction of sp³-hybridized carbons (Fsp3) is 0.0714. The van der Waals surface area contributed by atoms with Crippen molar-refractivity contribution in [1.82, 2.24) is 4.57 Å². The topological polar surface area (TPSA) is 77.8 Å². The molecule has 2 aromatic heterocycles. The minimum Gasteiger partial charge on any atom is -0.477 e. The maximum Gasteiger partial charge on any atom is 0.353 e. The molecule has 172 valence electrons. The van der Waals surface area contributed by atoms with Gasteiger partial charge in [-0.3, -0.25) is 9.36 Å². The molecule has 1 aliphatic heterocycles. The number of hydrogen-bond donors (Lipinski definition) is 1. The van der Waals surface area contributed by atoms with E-state index in [1.54, 1.807) is 29.5 Å². The number of carbonyl (C=O) groups is 1. The number of hydrogen-bond acceptors (Lipinski definition) is 5. The van der Waals surface area contributed by atoms with Gasteiger partial charge in [-0.05, 0) is 68.7 Å². The summed E-state index contributed by atoms with van der Waals surface area (Å²) in [4.78, 5) is 26.4. The molecule has 0 bridgehead atoms. The normalized spacial score (nSPS) is 12.2. The predicted molar refractivity (Wildman–Crippen MR) is 136 cm³/mol. The number of carboxylic acids is 1. The van der Waals surface area contributed by atoms with E-state index in [0.717, 1.165) is 22.3 Å². The molecular weight excluding hydrogens is 462 g/mol. The van der Waals surface area contributed by atoms with Gasteiger partial charge in [-0.2, -0.15) is 11.3 Å². The monoisotopic (exact) mass is 481 g/mol. The summed E-state index contributed by atoms with van der Waals surface area (Å²) in [6.07, 6.45) is 0. The molecule has 0 amide bonds. The number of thiophene rings is 1. The van der Waals surface area contributed by atoms with Gasteiger partial charge in [0.05, 0.1) is 6.54 Å². The fourth-order valence-corrected chi connectivity index (χ4v) is 5.21. The molecule has 0 saturated carbocycles. The molecule has 7 heteroatoms. The number of ether oxygens (including phenoxy) is 2. The summed E-state index contributed by atoms with van der Waals surface area (Å²) in [6, 6.07) is 22.3.